The molecule has 2 saturated heterocycles. The number of amides is 3. The van der Waals surface area contributed by atoms with Crippen molar-refractivity contribution in [2.45, 2.75) is 45.6 Å². The minimum atomic E-state index is -0.755. The lowest BCUT2D eigenvalue weighted by molar-refractivity contribution is -0.135. The zero-order valence-corrected chi connectivity index (χ0v) is 25.9. The number of nitrogens with zero attached hydrogens (tertiary/aromatic N) is 8. The van der Waals surface area contributed by atoms with Gasteiger partial charge in [-0.05, 0) is 34.6 Å². The normalized spacial score (nSPS) is 21.4. The molecule has 238 valence electrons. The fraction of sp³-hybridized carbons (Fsp3) is 0.548. The van der Waals surface area contributed by atoms with E-state index in [0.29, 0.717) is 62.2 Å². The summed E-state index contributed by atoms with van der Waals surface area (Å²) in [5, 5.41) is 17.4. The molecule has 1 aromatic carbocycles. The number of unbranched alkanes of at least 4 members (excludes halogenated alkanes) is 1. The molecule has 14 heteroatoms. The van der Waals surface area contributed by atoms with Crippen molar-refractivity contribution in [3.63, 3.8) is 0 Å². The second-order valence-corrected chi connectivity index (χ2v) is 12.3. The van der Waals surface area contributed by atoms with E-state index in [4.69, 9.17) is 9.72 Å². The Hall–Kier alpha value is -4.62. The molecule has 0 spiro atoms. The molecule has 3 fully saturated rings. The van der Waals surface area contributed by atoms with Gasteiger partial charge >= 0.3 is 6.09 Å². The van der Waals surface area contributed by atoms with Crippen LogP contribution in [0.4, 0.5) is 10.6 Å². The summed E-state index contributed by atoms with van der Waals surface area (Å²) in [6.45, 7) is 9.31. The number of benzene rings is 1. The van der Waals surface area contributed by atoms with Crippen molar-refractivity contribution < 1.29 is 19.1 Å². The lowest BCUT2D eigenvalue weighted by Gasteiger charge is -2.36. The number of rotatable bonds is 10. The highest BCUT2D eigenvalue weighted by atomic mass is 16.6. The summed E-state index contributed by atoms with van der Waals surface area (Å²) in [6, 6.07) is 10.5. The number of hydrogen-bond donors (Lipinski definition) is 2. The van der Waals surface area contributed by atoms with Crippen LogP contribution in [0.1, 0.15) is 55.8 Å². The van der Waals surface area contributed by atoms with E-state index in [9.17, 15) is 14.4 Å². The molecule has 3 aromatic rings. The summed E-state index contributed by atoms with van der Waals surface area (Å²) in [5.41, 5.74) is 0.999. The van der Waals surface area contributed by atoms with Gasteiger partial charge in [0, 0.05) is 56.8 Å². The molecule has 2 aliphatic heterocycles. The summed E-state index contributed by atoms with van der Waals surface area (Å²) in [6.07, 6.45) is 1.42. The van der Waals surface area contributed by atoms with Crippen molar-refractivity contribution in [3.05, 3.63) is 47.9 Å². The first-order valence-corrected chi connectivity index (χ1v) is 15.8. The molecule has 2 N–H and O–H groups in total. The molecule has 14 nitrogen and oxygen atoms in total. The number of carbonyl (C=O) groups is 3. The van der Waals surface area contributed by atoms with Crippen LogP contribution in [-0.4, -0.2) is 110 Å². The standard InChI is InChI=1S/C31H40N10O4/c1-4-5-15-45-31(44)40-13-11-39(12-14-40)30(43)26(19(2)3)34-29(42)23-16-24(33-27(32-23)20-9-7-6-8-10-20)41-17-21-22(18-41)25(21)28-35-37-38-36-28/h6-10,16,19,21-22,25-26H,4-5,11-15,17-18H2,1-3H3,(H,34,42)(H,35,36,37,38)/t21-,22+,25+,26-/m0/s1. The number of piperidine rings is 1. The highest BCUT2D eigenvalue weighted by molar-refractivity contribution is 5.97. The van der Waals surface area contributed by atoms with E-state index in [1.807, 2.05) is 51.1 Å². The van der Waals surface area contributed by atoms with Crippen LogP contribution in [0.2, 0.25) is 0 Å². The van der Waals surface area contributed by atoms with Crippen LogP contribution in [-0.2, 0) is 9.53 Å². The van der Waals surface area contributed by atoms with Crippen molar-refractivity contribution >= 4 is 23.7 Å². The summed E-state index contributed by atoms with van der Waals surface area (Å²) in [4.78, 5) is 54.8. The van der Waals surface area contributed by atoms with Gasteiger partial charge in [0.15, 0.2) is 11.6 Å². The molecule has 1 aliphatic carbocycles. The second kappa shape index (κ2) is 13.2. The van der Waals surface area contributed by atoms with Gasteiger partial charge in [-0.2, -0.15) is 0 Å². The molecular weight excluding hydrogens is 576 g/mol. The van der Waals surface area contributed by atoms with Gasteiger partial charge in [0.1, 0.15) is 17.6 Å². The molecule has 3 aliphatic rings. The fourth-order valence-corrected chi connectivity index (χ4v) is 6.29. The molecule has 0 bridgehead atoms. The van der Waals surface area contributed by atoms with Crippen LogP contribution >= 0.6 is 0 Å². The van der Waals surface area contributed by atoms with Gasteiger partial charge in [-0.3, -0.25) is 9.59 Å². The van der Waals surface area contributed by atoms with Gasteiger partial charge in [0.2, 0.25) is 5.91 Å². The van der Waals surface area contributed by atoms with Gasteiger partial charge in [-0.15, -0.1) is 5.10 Å². The second-order valence-electron chi connectivity index (χ2n) is 12.3. The first-order valence-electron chi connectivity index (χ1n) is 15.8. The van der Waals surface area contributed by atoms with Gasteiger partial charge < -0.3 is 24.8 Å². The average Bonchev–Trinajstić information content (AvgIpc) is 3.40. The summed E-state index contributed by atoms with van der Waals surface area (Å²) < 4.78 is 5.33. The maximum absolute atomic E-state index is 13.8. The maximum Gasteiger partial charge on any atom is 0.409 e. The van der Waals surface area contributed by atoms with Crippen molar-refractivity contribution in [3.8, 4) is 11.4 Å². The average molecular weight is 617 g/mol. The number of tetrazole rings is 1. The van der Waals surface area contributed by atoms with Crippen molar-refractivity contribution in [2.75, 3.05) is 50.8 Å². The number of ether oxygens (including phenoxy) is 1. The number of aromatic amines is 1. The molecule has 2 aromatic heterocycles. The molecular formula is C31H40N10O4. The van der Waals surface area contributed by atoms with Crippen molar-refractivity contribution in [1.82, 2.24) is 45.7 Å². The van der Waals surface area contributed by atoms with Gasteiger partial charge in [0.05, 0.1) is 6.61 Å². The predicted molar refractivity (Wildman–Crippen MR) is 164 cm³/mol. The highest BCUT2D eigenvalue weighted by Crippen LogP contribution is 2.57. The number of carbonyl (C=O) groups excluding carboxylic acids is 3. The maximum atomic E-state index is 13.8. The molecule has 6 rings (SSSR count). The molecule has 1 saturated carbocycles. The van der Waals surface area contributed by atoms with E-state index in [1.54, 1.807) is 15.9 Å². The number of nitrogens with one attached hydrogen (secondary N) is 2. The zero-order chi connectivity index (χ0) is 31.5. The van der Waals surface area contributed by atoms with E-state index in [1.165, 1.54) is 0 Å². The quantitative estimate of drug-likeness (QED) is 0.323. The first-order chi connectivity index (χ1) is 21.8. The minimum Gasteiger partial charge on any atom is -0.449 e. The number of H-pyrrole nitrogens is 1. The Labute approximate surface area is 261 Å². The van der Waals surface area contributed by atoms with Crippen LogP contribution in [0.3, 0.4) is 0 Å². The van der Waals surface area contributed by atoms with Crippen LogP contribution in [0.25, 0.3) is 11.4 Å². The van der Waals surface area contributed by atoms with E-state index >= 15 is 0 Å². The van der Waals surface area contributed by atoms with Crippen LogP contribution in [0, 0.1) is 17.8 Å². The smallest absolute Gasteiger partial charge is 0.409 e. The van der Waals surface area contributed by atoms with E-state index in [-0.39, 0.29) is 23.6 Å². The SMILES string of the molecule is CCCCOC(=O)N1CCN(C(=O)[C@@H](NC(=O)c2cc(N3C[C@@H]4[C@H](C3)[C@H]4c3nnn[nH]3)nc(-c3ccccc3)n2)C(C)C)CC1. The largest absolute Gasteiger partial charge is 0.449 e. The van der Waals surface area contributed by atoms with Crippen LogP contribution < -0.4 is 10.2 Å². The summed E-state index contributed by atoms with van der Waals surface area (Å²) in [5.74, 6) is 2.28. The minimum absolute atomic E-state index is 0.165. The third-order valence-electron chi connectivity index (χ3n) is 8.97. The van der Waals surface area contributed by atoms with E-state index in [2.05, 4.69) is 35.8 Å². The molecule has 4 atom stereocenters. The number of aromatic nitrogens is 6. The lowest BCUT2D eigenvalue weighted by Crippen LogP contribution is -2.57. The highest BCUT2D eigenvalue weighted by Gasteiger charge is 2.58. The zero-order valence-electron chi connectivity index (χ0n) is 25.9. The first kappa shape index (κ1) is 30.4. The third kappa shape index (κ3) is 6.59. The van der Waals surface area contributed by atoms with E-state index in [0.717, 1.165) is 37.3 Å². The Morgan fingerprint density at radius 3 is 2.38 bits per heavy atom. The van der Waals surface area contributed by atoms with Gasteiger partial charge in [0.25, 0.3) is 5.91 Å². The Bertz CT molecular complexity index is 1480. The summed E-state index contributed by atoms with van der Waals surface area (Å²) >= 11 is 0. The molecule has 4 heterocycles. The fourth-order valence-electron chi connectivity index (χ4n) is 6.29. The molecule has 3 amide bonds. The number of fused-ring (bicyclic) bond motifs is 1. The molecule has 0 radical (unpaired) electrons. The van der Waals surface area contributed by atoms with Crippen LogP contribution in [0.15, 0.2) is 36.4 Å². The number of anilines is 1. The Morgan fingerprint density at radius 2 is 1.73 bits per heavy atom. The van der Waals surface area contributed by atoms with E-state index < -0.39 is 11.9 Å². The third-order valence-corrected chi connectivity index (χ3v) is 8.97. The molecule has 45 heavy (non-hydrogen) atoms. The van der Waals surface area contributed by atoms with Gasteiger partial charge in [-0.1, -0.05) is 57.5 Å². The topological polar surface area (TPSA) is 162 Å². The van der Waals surface area contributed by atoms with Crippen LogP contribution in [0.5, 0.6) is 0 Å². The van der Waals surface area contributed by atoms with Crippen molar-refractivity contribution in [1.29, 1.82) is 0 Å². The molecule has 0 unspecified atom stereocenters. The number of hydrogen-bond acceptors (Lipinski definition) is 10. The Kier molecular flexibility index (Phi) is 8.90. The predicted octanol–water partition coefficient (Wildman–Crippen LogP) is 2.34. The number of piperazine rings is 1. The van der Waals surface area contributed by atoms with Gasteiger partial charge in [-0.25, -0.2) is 19.9 Å². The lowest BCUT2D eigenvalue weighted by atomic mass is 10.0. The Balaban J connectivity index is 1.15. The monoisotopic (exact) mass is 616 g/mol. The summed E-state index contributed by atoms with van der Waals surface area (Å²) in [7, 11) is 0. The Morgan fingerprint density at radius 1 is 1.02 bits per heavy atom. The van der Waals surface area contributed by atoms with Crippen molar-refractivity contribution in [2.24, 2.45) is 17.8 Å².